The Morgan fingerprint density at radius 2 is 1.60 bits per heavy atom. The predicted octanol–water partition coefficient (Wildman–Crippen LogP) is 4.74. The van der Waals surface area contributed by atoms with Crippen LogP contribution >= 0.6 is 0 Å². The molecule has 4 heteroatoms. The lowest BCUT2D eigenvalue weighted by Gasteiger charge is -2.05. The first-order valence-electron chi connectivity index (χ1n) is 7.98. The minimum absolute atomic E-state index is 0.203. The van der Waals surface area contributed by atoms with Crippen molar-refractivity contribution in [1.29, 1.82) is 0 Å². The highest BCUT2D eigenvalue weighted by Crippen LogP contribution is 2.31. The molecule has 1 aromatic heterocycles. The van der Waals surface area contributed by atoms with Gasteiger partial charge in [-0.3, -0.25) is 4.79 Å². The fourth-order valence-electron chi connectivity index (χ4n) is 2.85. The first-order chi connectivity index (χ1) is 12.2. The quantitative estimate of drug-likeness (QED) is 0.400. The van der Waals surface area contributed by atoms with Crippen LogP contribution in [-0.4, -0.2) is 13.1 Å². The summed E-state index contributed by atoms with van der Waals surface area (Å²) in [7, 11) is 1.61. The Morgan fingerprint density at radius 3 is 2.40 bits per heavy atom. The second-order valence-corrected chi connectivity index (χ2v) is 5.76. The van der Waals surface area contributed by atoms with E-state index in [0.717, 1.165) is 33.3 Å². The molecule has 0 saturated carbocycles. The Kier molecular flexibility index (Phi) is 3.86. The van der Waals surface area contributed by atoms with Crippen LogP contribution in [0.4, 0.5) is 0 Å². The predicted molar refractivity (Wildman–Crippen MR) is 96.1 cm³/mol. The number of carbonyl (C=O) groups excluding carboxylic acids is 1. The molecule has 0 atom stereocenters. The van der Waals surface area contributed by atoms with Crippen molar-refractivity contribution in [2.24, 2.45) is 0 Å². The fraction of sp³-hybridized carbons (Fsp3) is 0.0952. The monoisotopic (exact) mass is 332 g/mol. The maximum absolute atomic E-state index is 12.2. The van der Waals surface area contributed by atoms with Crippen LogP contribution in [0.25, 0.3) is 21.9 Å². The smallest absolute Gasteiger partial charge is 0.315 e. The minimum atomic E-state index is -0.308. The Labute approximate surface area is 144 Å². The van der Waals surface area contributed by atoms with Crippen LogP contribution in [0.5, 0.6) is 11.5 Å². The number of hydrogen-bond donors (Lipinski definition) is 0. The van der Waals surface area contributed by atoms with Crippen molar-refractivity contribution in [3.05, 3.63) is 72.3 Å². The van der Waals surface area contributed by atoms with E-state index in [1.54, 1.807) is 13.2 Å². The van der Waals surface area contributed by atoms with Crippen molar-refractivity contribution in [2.45, 2.75) is 6.42 Å². The van der Waals surface area contributed by atoms with E-state index in [0.29, 0.717) is 5.75 Å². The molecule has 0 fully saturated rings. The zero-order valence-electron chi connectivity index (χ0n) is 13.7. The molecule has 4 aromatic rings. The second kappa shape index (κ2) is 6.32. The van der Waals surface area contributed by atoms with Crippen molar-refractivity contribution in [3.8, 4) is 11.5 Å². The standard InChI is InChI=1S/C21H16O4/c1-23-15-8-6-14(7-9-15)12-21(22)24-16-10-11-20-18(13-16)17-4-2-3-5-19(17)25-20/h2-11,13H,12H2,1H3. The second-order valence-electron chi connectivity index (χ2n) is 5.76. The number of benzene rings is 3. The Bertz CT molecular complexity index is 1040. The third-order valence-corrected chi connectivity index (χ3v) is 4.09. The fourth-order valence-corrected chi connectivity index (χ4v) is 2.85. The molecule has 4 nitrogen and oxygen atoms in total. The highest BCUT2D eigenvalue weighted by Gasteiger charge is 2.11. The molecule has 0 aliphatic rings. The molecule has 0 aliphatic carbocycles. The van der Waals surface area contributed by atoms with E-state index in [4.69, 9.17) is 13.9 Å². The van der Waals surface area contributed by atoms with Crippen LogP contribution in [0.15, 0.2) is 71.1 Å². The van der Waals surface area contributed by atoms with Gasteiger partial charge in [-0.15, -0.1) is 0 Å². The molecule has 0 saturated heterocycles. The Hall–Kier alpha value is -3.27. The van der Waals surface area contributed by atoms with Gasteiger partial charge in [0.05, 0.1) is 13.5 Å². The molecule has 0 aliphatic heterocycles. The van der Waals surface area contributed by atoms with E-state index in [-0.39, 0.29) is 12.4 Å². The van der Waals surface area contributed by atoms with Gasteiger partial charge in [-0.25, -0.2) is 0 Å². The van der Waals surface area contributed by atoms with Gasteiger partial charge in [0.2, 0.25) is 0 Å². The summed E-state index contributed by atoms with van der Waals surface area (Å²) in [6, 6.07) is 20.6. The molecule has 0 spiro atoms. The minimum Gasteiger partial charge on any atom is -0.497 e. The Morgan fingerprint density at radius 1 is 0.880 bits per heavy atom. The SMILES string of the molecule is COc1ccc(CC(=O)Oc2ccc3oc4ccccc4c3c2)cc1. The summed E-state index contributed by atoms with van der Waals surface area (Å²) in [6.45, 7) is 0. The maximum Gasteiger partial charge on any atom is 0.315 e. The highest BCUT2D eigenvalue weighted by molar-refractivity contribution is 6.05. The maximum atomic E-state index is 12.2. The Balaban J connectivity index is 1.55. The number of carbonyl (C=O) groups is 1. The van der Waals surface area contributed by atoms with Gasteiger partial charge in [0.25, 0.3) is 0 Å². The van der Waals surface area contributed by atoms with Gasteiger partial charge in [0, 0.05) is 10.8 Å². The van der Waals surface area contributed by atoms with Gasteiger partial charge in [-0.05, 0) is 42.0 Å². The van der Waals surface area contributed by atoms with Gasteiger partial charge in [-0.1, -0.05) is 30.3 Å². The first-order valence-corrected chi connectivity index (χ1v) is 7.98. The number of furan rings is 1. The van der Waals surface area contributed by atoms with E-state index in [9.17, 15) is 4.79 Å². The van der Waals surface area contributed by atoms with Crippen LogP contribution in [0.2, 0.25) is 0 Å². The zero-order valence-corrected chi connectivity index (χ0v) is 13.7. The summed E-state index contributed by atoms with van der Waals surface area (Å²) in [4.78, 5) is 12.2. The van der Waals surface area contributed by atoms with Crippen LogP contribution in [0.1, 0.15) is 5.56 Å². The van der Waals surface area contributed by atoms with Crippen LogP contribution in [0, 0.1) is 0 Å². The molecule has 25 heavy (non-hydrogen) atoms. The van der Waals surface area contributed by atoms with Crippen molar-refractivity contribution in [2.75, 3.05) is 7.11 Å². The third kappa shape index (κ3) is 3.06. The molecular weight excluding hydrogens is 316 g/mol. The highest BCUT2D eigenvalue weighted by atomic mass is 16.5. The number of methoxy groups -OCH3 is 1. The molecular formula is C21H16O4. The van der Waals surface area contributed by atoms with Crippen molar-refractivity contribution < 1.29 is 18.7 Å². The normalized spacial score (nSPS) is 10.9. The molecule has 0 bridgehead atoms. The number of hydrogen-bond acceptors (Lipinski definition) is 4. The van der Waals surface area contributed by atoms with Crippen molar-refractivity contribution in [1.82, 2.24) is 0 Å². The van der Waals surface area contributed by atoms with Crippen LogP contribution < -0.4 is 9.47 Å². The lowest BCUT2D eigenvalue weighted by atomic mass is 10.1. The summed E-state index contributed by atoms with van der Waals surface area (Å²) >= 11 is 0. The summed E-state index contributed by atoms with van der Waals surface area (Å²) < 4.78 is 16.4. The van der Waals surface area contributed by atoms with Gasteiger partial charge in [0.15, 0.2) is 0 Å². The first kappa shape index (κ1) is 15.3. The number of esters is 1. The van der Waals surface area contributed by atoms with Crippen LogP contribution in [-0.2, 0) is 11.2 Å². The average molecular weight is 332 g/mol. The lowest BCUT2D eigenvalue weighted by molar-refractivity contribution is -0.133. The van der Waals surface area contributed by atoms with E-state index >= 15 is 0 Å². The molecule has 124 valence electrons. The molecule has 4 rings (SSSR count). The summed E-state index contributed by atoms with van der Waals surface area (Å²) in [6.07, 6.45) is 0.203. The third-order valence-electron chi connectivity index (χ3n) is 4.09. The molecule has 0 N–H and O–H groups in total. The topological polar surface area (TPSA) is 48.7 Å². The van der Waals surface area contributed by atoms with Crippen molar-refractivity contribution >= 4 is 27.9 Å². The molecule has 0 unspecified atom stereocenters. The zero-order chi connectivity index (χ0) is 17.2. The van der Waals surface area contributed by atoms with E-state index < -0.39 is 0 Å². The molecule has 0 radical (unpaired) electrons. The van der Waals surface area contributed by atoms with Gasteiger partial charge >= 0.3 is 5.97 Å². The van der Waals surface area contributed by atoms with E-state index in [1.165, 1.54) is 0 Å². The molecule has 1 heterocycles. The largest absolute Gasteiger partial charge is 0.497 e. The van der Waals surface area contributed by atoms with Crippen molar-refractivity contribution in [3.63, 3.8) is 0 Å². The lowest BCUT2D eigenvalue weighted by Crippen LogP contribution is -2.11. The summed E-state index contributed by atoms with van der Waals surface area (Å²) in [5, 5.41) is 1.94. The number of rotatable bonds is 4. The number of para-hydroxylation sites is 1. The van der Waals surface area contributed by atoms with Gasteiger partial charge < -0.3 is 13.9 Å². The van der Waals surface area contributed by atoms with Gasteiger partial charge in [0.1, 0.15) is 22.7 Å². The van der Waals surface area contributed by atoms with E-state index in [2.05, 4.69) is 0 Å². The number of ether oxygens (including phenoxy) is 2. The van der Waals surface area contributed by atoms with E-state index in [1.807, 2.05) is 60.7 Å². The number of fused-ring (bicyclic) bond motifs is 3. The summed E-state index contributed by atoms with van der Waals surface area (Å²) in [5.74, 6) is 0.962. The molecule has 0 amide bonds. The summed E-state index contributed by atoms with van der Waals surface area (Å²) in [5.41, 5.74) is 2.47. The average Bonchev–Trinajstić information content (AvgIpc) is 3.00. The van der Waals surface area contributed by atoms with Crippen LogP contribution in [0.3, 0.4) is 0 Å². The molecule has 3 aromatic carbocycles. The van der Waals surface area contributed by atoms with Gasteiger partial charge in [-0.2, -0.15) is 0 Å².